The van der Waals surface area contributed by atoms with Gasteiger partial charge in [-0.05, 0) is 23.3 Å². The normalized spacial score (nSPS) is 12.4. The molecule has 4 nitrogen and oxygen atoms in total. The molecular weight excluding hydrogens is 252 g/mol. The summed E-state index contributed by atoms with van der Waals surface area (Å²) in [4.78, 5) is 15.2. The lowest BCUT2D eigenvalue weighted by Crippen LogP contribution is -2.02. The zero-order valence-electron chi connectivity index (χ0n) is 11.0. The Kier molecular flexibility index (Phi) is 2.99. The fourth-order valence-electron chi connectivity index (χ4n) is 2.36. The lowest BCUT2D eigenvalue weighted by molar-refractivity contribution is 0.0689. The maximum atomic E-state index is 11.1. The highest BCUT2D eigenvalue weighted by atomic mass is 16.4. The highest BCUT2D eigenvalue weighted by molar-refractivity contribution is 5.86. The van der Waals surface area contributed by atoms with Crippen LogP contribution in [0.3, 0.4) is 0 Å². The number of fused-ring (bicyclic) bond motifs is 1. The Morgan fingerprint density at radius 2 is 1.95 bits per heavy atom. The molecule has 3 rings (SSSR count). The van der Waals surface area contributed by atoms with Gasteiger partial charge in [-0.1, -0.05) is 37.3 Å². The molecule has 4 heteroatoms. The maximum absolute atomic E-state index is 11.1. The van der Waals surface area contributed by atoms with Crippen molar-refractivity contribution in [3.8, 4) is 0 Å². The van der Waals surface area contributed by atoms with Gasteiger partial charge in [-0.3, -0.25) is 4.40 Å². The average molecular weight is 266 g/mol. The number of imidazole rings is 1. The topological polar surface area (TPSA) is 54.6 Å². The molecule has 0 aliphatic heterocycles. The highest BCUT2D eigenvalue weighted by Gasteiger charge is 2.13. The number of carboxylic acids is 1. The van der Waals surface area contributed by atoms with Crippen molar-refractivity contribution >= 4 is 11.6 Å². The molecule has 2 aromatic heterocycles. The lowest BCUT2D eigenvalue weighted by atomic mass is 9.94. The van der Waals surface area contributed by atoms with Gasteiger partial charge in [0.1, 0.15) is 5.65 Å². The van der Waals surface area contributed by atoms with Crippen molar-refractivity contribution in [1.29, 1.82) is 0 Å². The number of pyridine rings is 1. The minimum Gasteiger partial charge on any atom is -0.477 e. The van der Waals surface area contributed by atoms with E-state index in [0.717, 1.165) is 5.56 Å². The minimum absolute atomic E-state index is 0.180. The number of hydrogen-bond acceptors (Lipinski definition) is 2. The molecule has 0 saturated carbocycles. The van der Waals surface area contributed by atoms with Crippen molar-refractivity contribution in [2.75, 3.05) is 0 Å². The molecule has 3 aromatic rings. The van der Waals surface area contributed by atoms with Crippen molar-refractivity contribution in [1.82, 2.24) is 9.38 Å². The van der Waals surface area contributed by atoms with Crippen LogP contribution in [0.15, 0.2) is 54.9 Å². The first-order chi connectivity index (χ1) is 9.66. The Balaban J connectivity index is 2.04. The molecule has 0 fully saturated rings. The van der Waals surface area contributed by atoms with Crippen LogP contribution in [-0.2, 0) is 0 Å². The first-order valence-corrected chi connectivity index (χ1v) is 6.42. The SMILES string of the molecule is CC(c1ccccc1)c1ccn2c(C(=O)O)cnc2c1. The summed E-state index contributed by atoms with van der Waals surface area (Å²) in [5.41, 5.74) is 3.18. The van der Waals surface area contributed by atoms with Gasteiger partial charge in [0, 0.05) is 12.1 Å². The largest absolute Gasteiger partial charge is 0.477 e. The third-order valence-corrected chi connectivity index (χ3v) is 3.56. The Morgan fingerprint density at radius 1 is 1.20 bits per heavy atom. The van der Waals surface area contributed by atoms with Crippen LogP contribution < -0.4 is 0 Å². The van der Waals surface area contributed by atoms with Gasteiger partial charge < -0.3 is 5.11 Å². The smallest absolute Gasteiger partial charge is 0.354 e. The second kappa shape index (κ2) is 4.81. The number of nitrogens with zero attached hydrogens (tertiary/aromatic N) is 2. The minimum atomic E-state index is -0.971. The Morgan fingerprint density at radius 3 is 2.65 bits per heavy atom. The molecule has 1 N–H and O–H groups in total. The molecule has 1 unspecified atom stereocenters. The van der Waals surface area contributed by atoms with Crippen molar-refractivity contribution in [3.05, 3.63) is 71.7 Å². The van der Waals surface area contributed by atoms with E-state index in [0.29, 0.717) is 5.65 Å². The monoisotopic (exact) mass is 266 g/mol. The van der Waals surface area contributed by atoms with Crippen LogP contribution in [0.2, 0.25) is 0 Å². The van der Waals surface area contributed by atoms with Crippen LogP contribution in [0.4, 0.5) is 0 Å². The first-order valence-electron chi connectivity index (χ1n) is 6.42. The van der Waals surface area contributed by atoms with E-state index in [2.05, 4.69) is 24.0 Å². The van der Waals surface area contributed by atoms with Gasteiger partial charge in [-0.2, -0.15) is 0 Å². The number of carboxylic acid groups (broad SMARTS) is 1. The molecular formula is C16H14N2O2. The van der Waals surface area contributed by atoms with E-state index in [1.807, 2.05) is 30.3 Å². The standard InChI is InChI=1S/C16H14N2O2/c1-11(12-5-3-2-4-6-12)13-7-8-18-14(16(19)20)10-17-15(18)9-13/h2-11H,1H3,(H,19,20). The molecule has 1 aromatic carbocycles. The fraction of sp³-hybridized carbons (Fsp3) is 0.125. The third kappa shape index (κ3) is 2.05. The summed E-state index contributed by atoms with van der Waals surface area (Å²) >= 11 is 0. The Bertz CT molecular complexity index is 763. The summed E-state index contributed by atoms with van der Waals surface area (Å²) in [6.07, 6.45) is 3.15. The molecule has 0 saturated heterocycles. The van der Waals surface area contributed by atoms with E-state index in [1.165, 1.54) is 11.8 Å². The first kappa shape index (κ1) is 12.4. The fourth-order valence-corrected chi connectivity index (χ4v) is 2.36. The van der Waals surface area contributed by atoms with E-state index in [-0.39, 0.29) is 11.6 Å². The van der Waals surface area contributed by atoms with Crippen molar-refractivity contribution in [3.63, 3.8) is 0 Å². The second-order valence-electron chi connectivity index (χ2n) is 4.77. The molecule has 20 heavy (non-hydrogen) atoms. The summed E-state index contributed by atoms with van der Waals surface area (Å²) in [6, 6.07) is 14.1. The van der Waals surface area contributed by atoms with E-state index >= 15 is 0 Å². The van der Waals surface area contributed by atoms with Crippen molar-refractivity contribution in [2.45, 2.75) is 12.8 Å². The number of hydrogen-bond donors (Lipinski definition) is 1. The van der Waals surface area contributed by atoms with Crippen LogP contribution in [0, 0.1) is 0 Å². The molecule has 0 spiro atoms. The van der Waals surface area contributed by atoms with Gasteiger partial charge >= 0.3 is 5.97 Å². The molecule has 0 amide bonds. The zero-order chi connectivity index (χ0) is 14.1. The van der Waals surface area contributed by atoms with Crippen LogP contribution in [-0.4, -0.2) is 20.5 Å². The van der Waals surface area contributed by atoms with Gasteiger partial charge in [-0.25, -0.2) is 9.78 Å². The number of carbonyl (C=O) groups is 1. The Hall–Kier alpha value is -2.62. The molecule has 2 heterocycles. The van der Waals surface area contributed by atoms with Crippen LogP contribution in [0.25, 0.3) is 5.65 Å². The molecule has 0 radical (unpaired) electrons. The zero-order valence-corrected chi connectivity index (χ0v) is 11.0. The molecule has 100 valence electrons. The Labute approximate surface area is 116 Å². The number of benzene rings is 1. The number of aromatic carboxylic acids is 1. The third-order valence-electron chi connectivity index (χ3n) is 3.56. The van der Waals surface area contributed by atoms with Gasteiger partial charge in [0.2, 0.25) is 0 Å². The van der Waals surface area contributed by atoms with Crippen LogP contribution in [0.5, 0.6) is 0 Å². The molecule has 0 aliphatic carbocycles. The predicted octanol–water partition coefficient (Wildman–Crippen LogP) is 3.18. The van der Waals surface area contributed by atoms with Crippen LogP contribution >= 0.6 is 0 Å². The summed E-state index contributed by atoms with van der Waals surface area (Å²) in [7, 11) is 0. The summed E-state index contributed by atoms with van der Waals surface area (Å²) in [5, 5.41) is 9.07. The number of rotatable bonds is 3. The average Bonchev–Trinajstić information content (AvgIpc) is 2.90. The van der Waals surface area contributed by atoms with Crippen molar-refractivity contribution < 1.29 is 9.90 Å². The summed E-state index contributed by atoms with van der Waals surface area (Å²) in [6.45, 7) is 2.13. The summed E-state index contributed by atoms with van der Waals surface area (Å²) in [5.74, 6) is -0.729. The molecule has 1 atom stereocenters. The van der Waals surface area contributed by atoms with E-state index in [9.17, 15) is 4.79 Å². The quantitative estimate of drug-likeness (QED) is 0.792. The van der Waals surface area contributed by atoms with Crippen LogP contribution in [0.1, 0.15) is 34.5 Å². The predicted molar refractivity (Wildman–Crippen MR) is 76.1 cm³/mol. The highest BCUT2D eigenvalue weighted by Crippen LogP contribution is 2.24. The lowest BCUT2D eigenvalue weighted by Gasteiger charge is -2.12. The van der Waals surface area contributed by atoms with Crippen molar-refractivity contribution in [2.24, 2.45) is 0 Å². The van der Waals surface area contributed by atoms with Gasteiger partial charge in [0.25, 0.3) is 0 Å². The second-order valence-corrected chi connectivity index (χ2v) is 4.77. The molecule has 0 aliphatic rings. The van der Waals surface area contributed by atoms with E-state index in [4.69, 9.17) is 5.11 Å². The van der Waals surface area contributed by atoms with Gasteiger partial charge in [-0.15, -0.1) is 0 Å². The van der Waals surface area contributed by atoms with Gasteiger partial charge in [0.05, 0.1) is 6.20 Å². The van der Waals surface area contributed by atoms with E-state index in [1.54, 1.807) is 10.6 Å². The van der Waals surface area contributed by atoms with Gasteiger partial charge in [0.15, 0.2) is 5.69 Å². The molecule has 0 bridgehead atoms. The number of aromatic nitrogens is 2. The maximum Gasteiger partial charge on any atom is 0.354 e. The van der Waals surface area contributed by atoms with E-state index < -0.39 is 5.97 Å². The summed E-state index contributed by atoms with van der Waals surface area (Å²) < 4.78 is 1.59.